The van der Waals surface area contributed by atoms with Crippen LogP contribution in [0.4, 0.5) is 0 Å². The molecular weight excluding hydrogens is 289 g/mol. The SMILES string of the molecule is CCCN1Cc2cc(I)ccc2C1=O. The first-order valence-corrected chi connectivity index (χ1v) is 5.88. The number of hydrogen-bond acceptors (Lipinski definition) is 1. The summed E-state index contributed by atoms with van der Waals surface area (Å²) in [6, 6.07) is 6.03. The molecule has 0 saturated carbocycles. The van der Waals surface area contributed by atoms with Crippen molar-refractivity contribution in [1.82, 2.24) is 4.90 Å². The van der Waals surface area contributed by atoms with Crippen LogP contribution in [0, 0.1) is 3.57 Å². The Labute approximate surface area is 97.4 Å². The summed E-state index contributed by atoms with van der Waals surface area (Å²) in [7, 11) is 0. The first-order chi connectivity index (χ1) is 6.72. The van der Waals surface area contributed by atoms with Gasteiger partial charge in [0, 0.05) is 22.2 Å². The third kappa shape index (κ3) is 1.65. The summed E-state index contributed by atoms with van der Waals surface area (Å²) in [5.41, 5.74) is 2.06. The van der Waals surface area contributed by atoms with Crippen LogP contribution in [-0.2, 0) is 6.54 Å². The quantitative estimate of drug-likeness (QED) is 0.769. The highest BCUT2D eigenvalue weighted by atomic mass is 127. The third-order valence-corrected chi connectivity index (χ3v) is 3.11. The lowest BCUT2D eigenvalue weighted by atomic mass is 10.1. The van der Waals surface area contributed by atoms with E-state index >= 15 is 0 Å². The minimum Gasteiger partial charge on any atom is -0.334 e. The fourth-order valence-corrected chi connectivity index (χ4v) is 2.36. The van der Waals surface area contributed by atoms with Crippen LogP contribution in [0.3, 0.4) is 0 Å². The van der Waals surface area contributed by atoms with Crippen molar-refractivity contribution in [2.75, 3.05) is 6.54 Å². The van der Waals surface area contributed by atoms with Crippen molar-refractivity contribution in [3.05, 3.63) is 32.9 Å². The molecule has 2 rings (SSSR count). The topological polar surface area (TPSA) is 20.3 Å². The van der Waals surface area contributed by atoms with Crippen LogP contribution in [0.25, 0.3) is 0 Å². The molecule has 1 aromatic rings. The summed E-state index contributed by atoms with van der Waals surface area (Å²) in [5, 5.41) is 0. The van der Waals surface area contributed by atoms with E-state index in [4.69, 9.17) is 0 Å². The molecule has 0 N–H and O–H groups in total. The molecule has 0 aliphatic carbocycles. The van der Waals surface area contributed by atoms with Gasteiger partial charge in [0.15, 0.2) is 0 Å². The van der Waals surface area contributed by atoms with Crippen LogP contribution < -0.4 is 0 Å². The Hall–Kier alpha value is -0.580. The van der Waals surface area contributed by atoms with Gasteiger partial charge in [0.2, 0.25) is 0 Å². The van der Waals surface area contributed by atoms with E-state index in [1.807, 2.05) is 17.0 Å². The average molecular weight is 301 g/mol. The van der Waals surface area contributed by atoms with Gasteiger partial charge in [0.1, 0.15) is 0 Å². The molecule has 0 spiro atoms. The Kier molecular flexibility index (Phi) is 2.76. The number of halogens is 1. The minimum atomic E-state index is 0.193. The molecular formula is C11H12INO. The van der Waals surface area contributed by atoms with E-state index < -0.39 is 0 Å². The largest absolute Gasteiger partial charge is 0.334 e. The maximum atomic E-state index is 11.8. The molecule has 1 aliphatic heterocycles. The molecule has 1 heterocycles. The normalized spacial score (nSPS) is 14.7. The molecule has 0 radical (unpaired) electrons. The molecule has 1 aliphatic rings. The van der Waals surface area contributed by atoms with Crippen molar-refractivity contribution in [1.29, 1.82) is 0 Å². The lowest BCUT2D eigenvalue weighted by Gasteiger charge is -2.13. The molecule has 2 nitrogen and oxygen atoms in total. The second-order valence-electron chi connectivity index (χ2n) is 3.53. The van der Waals surface area contributed by atoms with Gasteiger partial charge < -0.3 is 4.90 Å². The number of carbonyl (C=O) groups excluding carboxylic acids is 1. The molecule has 3 heteroatoms. The van der Waals surface area contributed by atoms with E-state index in [1.165, 1.54) is 9.13 Å². The molecule has 0 fully saturated rings. The maximum Gasteiger partial charge on any atom is 0.254 e. The second kappa shape index (κ2) is 3.88. The van der Waals surface area contributed by atoms with E-state index in [9.17, 15) is 4.79 Å². The zero-order valence-corrected chi connectivity index (χ0v) is 10.2. The van der Waals surface area contributed by atoms with Gasteiger partial charge in [0.25, 0.3) is 5.91 Å². The number of benzene rings is 1. The van der Waals surface area contributed by atoms with Crippen molar-refractivity contribution in [2.45, 2.75) is 19.9 Å². The van der Waals surface area contributed by atoms with Gasteiger partial charge in [-0.05, 0) is 52.8 Å². The van der Waals surface area contributed by atoms with Crippen molar-refractivity contribution in [2.24, 2.45) is 0 Å². The predicted molar refractivity (Wildman–Crippen MR) is 64.2 cm³/mol. The predicted octanol–water partition coefficient (Wildman–Crippen LogP) is 2.66. The standard InChI is InChI=1S/C11H12INO/c1-2-5-13-7-8-6-9(12)3-4-10(8)11(13)14/h3-4,6H,2,5,7H2,1H3. The number of fused-ring (bicyclic) bond motifs is 1. The summed E-state index contributed by atoms with van der Waals surface area (Å²) in [4.78, 5) is 13.7. The molecule has 0 aromatic heterocycles. The smallest absolute Gasteiger partial charge is 0.254 e. The molecule has 0 saturated heterocycles. The lowest BCUT2D eigenvalue weighted by Crippen LogP contribution is -2.24. The summed E-state index contributed by atoms with van der Waals surface area (Å²) in [6.45, 7) is 3.75. The summed E-state index contributed by atoms with van der Waals surface area (Å²) < 4.78 is 1.20. The minimum absolute atomic E-state index is 0.193. The maximum absolute atomic E-state index is 11.8. The highest BCUT2D eigenvalue weighted by molar-refractivity contribution is 14.1. The Morgan fingerprint density at radius 2 is 2.29 bits per heavy atom. The third-order valence-electron chi connectivity index (χ3n) is 2.44. The zero-order valence-electron chi connectivity index (χ0n) is 8.09. The summed E-state index contributed by atoms with van der Waals surface area (Å²) in [6.07, 6.45) is 1.02. The number of carbonyl (C=O) groups is 1. The van der Waals surface area contributed by atoms with E-state index in [-0.39, 0.29) is 5.91 Å². The van der Waals surface area contributed by atoms with Gasteiger partial charge in [-0.2, -0.15) is 0 Å². The van der Waals surface area contributed by atoms with Crippen LogP contribution in [0.5, 0.6) is 0 Å². The number of amides is 1. The van der Waals surface area contributed by atoms with Crippen LogP contribution in [0.15, 0.2) is 18.2 Å². The number of hydrogen-bond donors (Lipinski definition) is 0. The van der Waals surface area contributed by atoms with Crippen LogP contribution in [0.2, 0.25) is 0 Å². The Morgan fingerprint density at radius 3 is 3.00 bits per heavy atom. The monoisotopic (exact) mass is 301 g/mol. The Balaban J connectivity index is 2.31. The van der Waals surface area contributed by atoms with Crippen molar-refractivity contribution >= 4 is 28.5 Å². The lowest BCUT2D eigenvalue weighted by molar-refractivity contribution is 0.0778. The molecule has 14 heavy (non-hydrogen) atoms. The van der Waals surface area contributed by atoms with Gasteiger partial charge in [-0.1, -0.05) is 6.92 Å². The molecule has 0 bridgehead atoms. The second-order valence-corrected chi connectivity index (χ2v) is 4.77. The van der Waals surface area contributed by atoms with Crippen LogP contribution >= 0.6 is 22.6 Å². The van der Waals surface area contributed by atoms with Gasteiger partial charge in [-0.15, -0.1) is 0 Å². The first kappa shape index (κ1) is 9.96. The van der Waals surface area contributed by atoms with Gasteiger partial charge in [-0.25, -0.2) is 0 Å². The van der Waals surface area contributed by atoms with E-state index in [2.05, 4.69) is 35.6 Å². The summed E-state index contributed by atoms with van der Waals surface area (Å²) in [5.74, 6) is 0.193. The zero-order chi connectivity index (χ0) is 10.1. The summed E-state index contributed by atoms with van der Waals surface area (Å²) >= 11 is 2.28. The average Bonchev–Trinajstić information content (AvgIpc) is 2.44. The van der Waals surface area contributed by atoms with Gasteiger partial charge in [0.05, 0.1) is 0 Å². The molecule has 1 amide bonds. The van der Waals surface area contributed by atoms with E-state index in [1.54, 1.807) is 0 Å². The van der Waals surface area contributed by atoms with Crippen LogP contribution in [0.1, 0.15) is 29.3 Å². The highest BCUT2D eigenvalue weighted by Gasteiger charge is 2.26. The van der Waals surface area contributed by atoms with Crippen molar-refractivity contribution in [3.8, 4) is 0 Å². The molecule has 74 valence electrons. The fourth-order valence-electron chi connectivity index (χ4n) is 1.80. The van der Waals surface area contributed by atoms with Crippen LogP contribution in [-0.4, -0.2) is 17.4 Å². The fraction of sp³-hybridized carbons (Fsp3) is 0.364. The number of nitrogens with zero attached hydrogens (tertiary/aromatic N) is 1. The van der Waals surface area contributed by atoms with Gasteiger partial charge >= 0.3 is 0 Å². The number of rotatable bonds is 2. The molecule has 1 aromatic carbocycles. The van der Waals surface area contributed by atoms with E-state index in [0.717, 1.165) is 25.1 Å². The van der Waals surface area contributed by atoms with Crippen molar-refractivity contribution in [3.63, 3.8) is 0 Å². The first-order valence-electron chi connectivity index (χ1n) is 4.80. The van der Waals surface area contributed by atoms with Gasteiger partial charge in [-0.3, -0.25) is 4.79 Å². The Bertz CT molecular complexity index is 376. The molecule has 0 unspecified atom stereocenters. The molecule has 0 atom stereocenters. The van der Waals surface area contributed by atoms with Crippen molar-refractivity contribution < 1.29 is 4.79 Å². The Morgan fingerprint density at radius 1 is 1.50 bits per heavy atom. The highest BCUT2D eigenvalue weighted by Crippen LogP contribution is 2.24. The van der Waals surface area contributed by atoms with E-state index in [0.29, 0.717) is 0 Å².